The van der Waals surface area contributed by atoms with Gasteiger partial charge >= 0.3 is 5.97 Å². The van der Waals surface area contributed by atoms with E-state index in [1.165, 1.54) is 18.0 Å². The van der Waals surface area contributed by atoms with E-state index in [0.717, 1.165) is 19.3 Å². The summed E-state index contributed by atoms with van der Waals surface area (Å²) in [7, 11) is 1.52. The Hall–Kier alpha value is -1.89. The molecule has 1 unspecified atom stereocenters. The molecule has 7 nitrogen and oxygen atoms in total. The SMILES string of the molecule is COC(C(=O)Nc1ccn(CC(=O)O)n1)C1CCC1. The van der Waals surface area contributed by atoms with Gasteiger partial charge in [-0.05, 0) is 18.8 Å². The van der Waals surface area contributed by atoms with E-state index in [4.69, 9.17) is 9.84 Å². The molecule has 0 aromatic carbocycles. The first-order valence-corrected chi connectivity index (χ1v) is 6.19. The number of aromatic nitrogens is 2. The van der Waals surface area contributed by atoms with Crippen LogP contribution in [0.2, 0.25) is 0 Å². The minimum Gasteiger partial charge on any atom is -0.480 e. The molecule has 1 aromatic rings. The highest BCUT2D eigenvalue weighted by molar-refractivity contribution is 5.93. The van der Waals surface area contributed by atoms with Crippen molar-refractivity contribution in [3.8, 4) is 0 Å². The first-order valence-electron chi connectivity index (χ1n) is 6.19. The van der Waals surface area contributed by atoms with Gasteiger partial charge in [0.05, 0.1) is 0 Å². The quantitative estimate of drug-likeness (QED) is 0.792. The van der Waals surface area contributed by atoms with Crippen LogP contribution in [0.15, 0.2) is 12.3 Å². The van der Waals surface area contributed by atoms with Crippen molar-refractivity contribution in [3.05, 3.63) is 12.3 Å². The van der Waals surface area contributed by atoms with E-state index in [2.05, 4.69) is 10.4 Å². The van der Waals surface area contributed by atoms with Crippen LogP contribution in [0.3, 0.4) is 0 Å². The predicted molar refractivity (Wildman–Crippen MR) is 66.6 cm³/mol. The molecular weight excluding hydrogens is 250 g/mol. The molecule has 1 aliphatic rings. The van der Waals surface area contributed by atoms with Crippen LogP contribution in [0.5, 0.6) is 0 Å². The molecule has 2 N–H and O–H groups in total. The van der Waals surface area contributed by atoms with Gasteiger partial charge in [-0.2, -0.15) is 5.10 Å². The molecule has 7 heteroatoms. The minimum absolute atomic E-state index is 0.229. The summed E-state index contributed by atoms with van der Waals surface area (Å²) in [6.45, 7) is -0.230. The van der Waals surface area contributed by atoms with Crippen molar-refractivity contribution < 1.29 is 19.4 Å². The molecule has 1 heterocycles. The van der Waals surface area contributed by atoms with Crippen LogP contribution in [0.4, 0.5) is 5.82 Å². The number of hydrogen-bond donors (Lipinski definition) is 2. The Morgan fingerprint density at radius 2 is 2.37 bits per heavy atom. The Bertz CT molecular complexity index is 467. The second-order valence-corrected chi connectivity index (χ2v) is 4.63. The number of nitrogens with zero attached hydrogens (tertiary/aromatic N) is 2. The molecule has 0 radical (unpaired) electrons. The van der Waals surface area contributed by atoms with E-state index in [-0.39, 0.29) is 18.4 Å². The zero-order valence-corrected chi connectivity index (χ0v) is 10.7. The van der Waals surface area contributed by atoms with Gasteiger partial charge in [0.2, 0.25) is 0 Å². The average molecular weight is 267 g/mol. The van der Waals surface area contributed by atoms with Crippen LogP contribution in [-0.2, 0) is 20.9 Å². The van der Waals surface area contributed by atoms with Crippen molar-refractivity contribution in [2.24, 2.45) is 5.92 Å². The van der Waals surface area contributed by atoms with Crippen LogP contribution in [-0.4, -0.2) is 40.0 Å². The fourth-order valence-electron chi connectivity index (χ4n) is 2.11. The molecule has 0 bridgehead atoms. The first-order chi connectivity index (χ1) is 9.10. The monoisotopic (exact) mass is 267 g/mol. The van der Waals surface area contributed by atoms with E-state index >= 15 is 0 Å². The van der Waals surface area contributed by atoms with Gasteiger partial charge in [-0.3, -0.25) is 14.3 Å². The summed E-state index contributed by atoms with van der Waals surface area (Å²) in [5, 5.41) is 15.2. The lowest BCUT2D eigenvalue weighted by Gasteiger charge is -2.31. The number of amides is 1. The molecule has 1 atom stereocenters. The highest BCUT2D eigenvalue weighted by Crippen LogP contribution is 2.31. The molecule has 19 heavy (non-hydrogen) atoms. The van der Waals surface area contributed by atoms with Crippen molar-refractivity contribution in [1.29, 1.82) is 0 Å². The maximum absolute atomic E-state index is 12.0. The largest absolute Gasteiger partial charge is 0.480 e. The molecule has 1 aliphatic carbocycles. The topological polar surface area (TPSA) is 93.5 Å². The Balaban J connectivity index is 1.93. The molecule has 2 rings (SSSR count). The van der Waals surface area contributed by atoms with Crippen molar-refractivity contribution >= 4 is 17.7 Å². The number of rotatable bonds is 6. The molecule has 104 valence electrons. The molecular formula is C12H17N3O4. The van der Waals surface area contributed by atoms with E-state index in [1.54, 1.807) is 6.07 Å². The van der Waals surface area contributed by atoms with E-state index in [0.29, 0.717) is 5.82 Å². The number of nitrogens with one attached hydrogen (secondary N) is 1. The standard InChI is InChI=1S/C12H17N3O4/c1-19-11(8-3-2-4-8)12(18)13-9-5-6-15(14-9)7-10(16)17/h5-6,8,11H,2-4,7H2,1H3,(H,16,17)(H,13,14,18). The molecule has 0 saturated heterocycles. The van der Waals surface area contributed by atoms with E-state index in [1.807, 2.05) is 0 Å². The summed E-state index contributed by atoms with van der Waals surface area (Å²) in [6, 6.07) is 1.56. The Labute approximate surface area is 110 Å². The van der Waals surface area contributed by atoms with Crippen LogP contribution in [0.1, 0.15) is 19.3 Å². The number of anilines is 1. The second kappa shape index (κ2) is 5.83. The van der Waals surface area contributed by atoms with Gasteiger partial charge < -0.3 is 15.2 Å². The third-order valence-corrected chi connectivity index (χ3v) is 3.28. The molecule has 1 saturated carbocycles. The molecule has 0 spiro atoms. The smallest absolute Gasteiger partial charge is 0.325 e. The van der Waals surface area contributed by atoms with Crippen LogP contribution < -0.4 is 5.32 Å². The summed E-state index contributed by atoms with van der Waals surface area (Å²) in [5.41, 5.74) is 0. The number of methoxy groups -OCH3 is 1. The summed E-state index contributed by atoms with van der Waals surface area (Å²) in [4.78, 5) is 22.5. The lowest BCUT2D eigenvalue weighted by Crippen LogP contribution is -2.39. The van der Waals surface area contributed by atoms with Gasteiger partial charge in [0.25, 0.3) is 5.91 Å². The zero-order chi connectivity index (χ0) is 13.8. The summed E-state index contributed by atoms with van der Waals surface area (Å²) in [6.07, 6.45) is 4.18. The lowest BCUT2D eigenvalue weighted by atomic mass is 9.81. The third kappa shape index (κ3) is 3.31. The number of carbonyl (C=O) groups excluding carboxylic acids is 1. The summed E-state index contributed by atoms with van der Waals surface area (Å²) in [5.74, 6) is -0.600. The summed E-state index contributed by atoms with van der Waals surface area (Å²) >= 11 is 0. The van der Waals surface area contributed by atoms with Gasteiger partial charge in [-0.15, -0.1) is 0 Å². The number of carbonyl (C=O) groups is 2. The number of carboxylic acids is 1. The van der Waals surface area contributed by atoms with Crippen molar-refractivity contribution in [3.63, 3.8) is 0 Å². The van der Waals surface area contributed by atoms with E-state index < -0.39 is 12.1 Å². The molecule has 1 aromatic heterocycles. The Morgan fingerprint density at radius 3 is 2.89 bits per heavy atom. The maximum atomic E-state index is 12.0. The minimum atomic E-state index is -0.981. The van der Waals surface area contributed by atoms with Crippen molar-refractivity contribution in [2.75, 3.05) is 12.4 Å². The van der Waals surface area contributed by atoms with Gasteiger partial charge in [0, 0.05) is 19.4 Å². The molecule has 1 fully saturated rings. The Morgan fingerprint density at radius 1 is 1.63 bits per heavy atom. The van der Waals surface area contributed by atoms with Gasteiger partial charge in [0.1, 0.15) is 12.6 Å². The van der Waals surface area contributed by atoms with Gasteiger partial charge in [-0.1, -0.05) is 6.42 Å². The Kier molecular flexibility index (Phi) is 4.16. The fourth-order valence-corrected chi connectivity index (χ4v) is 2.11. The highest BCUT2D eigenvalue weighted by atomic mass is 16.5. The highest BCUT2D eigenvalue weighted by Gasteiger charge is 2.32. The number of ether oxygens (including phenoxy) is 1. The van der Waals surface area contributed by atoms with Crippen molar-refractivity contribution in [2.45, 2.75) is 31.9 Å². The summed E-state index contributed by atoms with van der Waals surface area (Å²) < 4.78 is 6.47. The van der Waals surface area contributed by atoms with Crippen LogP contribution in [0.25, 0.3) is 0 Å². The number of hydrogen-bond acceptors (Lipinski definition) is 4. The second-order valence-electron chi connectivity index (χ2n) is 4.63. The average Bonchev–Trinajstić information content (AvgIpc) is 2.69. The number of aliphatic carboxylic acids is 1. The van der Waals surface area contributed by atoms with Crippen LogP contribution in [0, 0.1) is 5.92 Å². The normalized spacial score (nSPS) is 16.7. The lowest BCUT2D eigenvalue weighted by molar-refractivity contribution is -0.137. The van der Waals surface area contributed by atoms with Crippen LogP contribution >= 0.6 is 0 Å². The van der Waals surface area contributed by atoms with E-state index in [9.17, 15) is 9.59 Å². The first kappa shape index (κ1) is 13.5. The predicted octanol–water partition coefficient (Wildman–Crippen LogP) is 0.721. The third-order valence-electron chi connectivity index (χ3n) is 3.28. The molecule has 0 aliphatic heterocycles. The van der Waals surface area contributed by atoms with Crippen molar-refractivity contribution in [1.82, 2.24) is 9.78 Å². The van der Waals surface area contributed by atoms with Gasteiger partial charge in [0.15, 0.2) is 5.82 Å². The zero-order valence-electron chi connectivity index (χ0n) is 10.7. The number of carboxylic acid groups (broad SMARTS) is 1. The maximum Gasteiger partial charge on any atom is 0.325 e. The van der Waals surface area contributed by atoms with Gasteiger partial charge in [-0.25, -0.2) is 0 Å². The fraction of sp³-hybridized carbons (Fsp3) is 0.583. The molecule has 1 amide bonds.